The number of phosphoric acid groups is 1. The van der Waals surface area contributed by atoms with Gasteiger partial charge in [0.2, 0.25) is 0 Å². The molecule has 2 heterocycles. The summed E-state index contributed by atoms with van der Waals surface area (Å²) in [5.74, 6) is -1.62. The van der Waals surface area contributed by atoms with E-state index in [4.69, 9.17) is 20.3 Å². The molecular weight excluding hydrogens is 503 g/mol. The van der Waals surface area contributed by atoms with Gasteiger partial charge in [-0.2, -0.15) is 4.98 Å². The summed E-state index contributed by atoms with van der Waals surface area (Å²) in [6.45, 7) is -0.724. The minimum absolute atomic E-state index is 0. The minimum atomic E-state index is -5.39. The monoisotopic (exact) mass is 533 g/mol. The molecule has 0 spiro atoms. The van der Waals surface area contributed by atoms with Gasteiger partial charge in [-0.05, 0) is 6.07 Å². The molecule has 0 bridgehead atoms. The number of hydrogen-bond donors (Lipinski definition) is 10. The summed E-state index contributed by atoms with van der Waals surface area (Å²) < 4.78 is 48.6. The fraction of sp³-hybridized carbons (Fsp3) is 0.600. The standard InChI is InChI=1S/C10H18N3O12P3.4H3N/c11-8-1-2-13(10(15)12-8)9-3-6(14)7(24-9)4-23-26(16,17)5-27(18,19)25-28(20,21)22;;;;/h1-2,6-7,9,14H,3-5H2,(H,16,17)(H,18,19)(H2,11,12,15)(H2,20,21,22);4*1H3/t6-,7+,9+;;;;/m0..../s1. The first-order valence-electron chi connectivity index (χ1n) is 7.41. The minimum Gasteiger partial charge on any atom is -0.390 e. The molecule has 32 heavy (non-hydrogen) atoms. The number of anilines is 1. The average Bonchev–Trinajstić information content (AvgIpc) is 2.82. The van der Waals surface area contributed by atoms with Crippen LogP contribution in [0, 0.1) is 0 Å². The van der Waals surface area contributed by atoms with Crippen LogP contribution in [0.2, 0.25) is 0 Å². The van der Waals surface area contributed by atoms with Gasteiger partial charge < -0.3 is 64.3 Å². The zero-order chi connectivity index (χ0) is 21.3. The summed E-state index contributed by atoms with van der Waals surface area (Å²) in [6, 6.07) is 1.32. The summed E-state index contributed by atoms with van der Waals surface area (Å²) in [7, 11) is -15.4. The number of aliphatic hydroxyl groups is 1. The van der Waals surface area contributed by atoms with E-state index in [2.05, 4.69) is 13.8 Å². The van der Waals surface area contributed by atoms with Crippen LogP contribution in [0.15, 0.2) is 17.1 Å². The number of rotatable bonds is 8. The number of nitrogens with zero attached hydrogens (tertiary/aromatic N) is 2. The molecule has 2 unspecified atom stereocenters. The Kier molecular flexibility index (Phi) is 14.4. The predicted octanol–water partition coefficient (Wildman–Crippen LogP) is -0.424. The van der Waals surface area contributed by atoms with E-state index in [1.807, 2.05) is 0 Å². The second-order valence-corrected chi connectivity index (χ2v) is 11.3. The van der Waals surface area contributed by atoms with Gasteiger partial charge in [0, 0.05) is 12.6 Å². The Bertz CT molecular complexity index is 925. The Hall–Kier alpha value is -1.11. The Morgan fingerprint density at radius 2 is 1.69 bits per heavy atom. The molecule has 0 amide bonds. The van der Waals surface area contributed by atoms with Crippen molar-refractivity contribution in [2.75, 3.05) is 18.2 Å². The van der Waals surface area contributed by atoms with E-state index in [-0.39, 0.29) is 36.8 Å². The molecule has 192 valence electrons. The topological polar surface area (TPSA) is 381 Å². The van der Waals surface area contributed by atoms with E-state index < -0.39 is 59.6 Å². The van der Waals surface area contributed by atoms with Crippen molar-refractivity contribution in [2.24, 2.45) is 0 Å². The zero-order valence-electron chi connectivity index (χ0n) is 16.7. The third kappa shape index (κ3) is 10.7. The van der Waals surface area contributed by atoms with Crippen molar-refractivity contribution >= 4 is 28.8 Å². The fourth-order valence-electron chi connectivity index (χ4n) is 2.33. The van der Waals surface area contributed by atoms with Crippen molar-refractivity contribution in [3.05, 3.63) is 22.7 Å². The molecule has 1 aromatic heterocycles. The summed E-state index contributed by atoms with van der Waals surface area (Å²) in [5.41, 5.74) is 4.62. The highest BCUT2D eigenvalue weighted by Gasteiger charge is 2.41. The Morgan fingerprint density at radius 1 is 1.12 bits per heavy atom. The van der Waals surface area contributed by atoms with Crippen molar-refractivity contribution in [1.82, 2.24) is 34.2 Å². The van der Waals surface area contributed by atoms with Crippen LogP contribution >= 0.6 is 23.0 Å². The molecule has 1 fully saturated rings. The third-order valence-electron chi connectivity index (χ3n) is 3.40. The van der Waals surface area contributed by atoms with Gasteiger partial charge in [0.1, 0.15) is 18.1 Å². The quantitative estimate of drug-likeness (QED) is 0.189. The summed E-state index contributed by atoms with van der Waals surface area (Å²) in [4.78, 5) is 51.2. The maximum absolute atomic E-state index is 11.9. The number of aromatic nitrogens is 2. The van der Waals surface area contributed by atoms with E-state index in [0.717, 1.165) is 4.57 Å². The van der Waals surface area contributed by atoms with Crippen molar-refractivity contribution in [3.63, 3.8) is 0 Å². The lowest BCUT2D eigenvalue weighted by Gasteiger charge is -2.20. The molecule has 1 aliphatic heterocycles. The van der Waals surface area contributed by atoms with Gasteiger partial charge >= 0.3 is 28.7 Å². The van der Waals surface area contributed by atoms with Crippen LogP contribution in [0.25, 0.3) is 0 Å². The van der Waals surface area contributed by atoms with Gasteiger partial charge in [-0.1, -0.05) is 0 Å². The zero-order valence-corrected chi connectivity index (χ0v) is 19.4. The second kappa shape index (κ2) is 13.0. The highest BCUT2D eigenvalue weighted by Crippen LogP contribution is 2.64. The molecule has 0 aliphatic carbocycles. The summed E-state index contributed by atoms with van der Waals surface area (Å²) >= 11 is 0. The first-order valence-corrected chi connectivity index (χ1v) is 12.5. The molecule has 0 aromatic carbocycles. The number of hydrogen-bond acceptors (Lipinski definition) is 14. The second-order valence-electron chi connectivity index (χ2n) is 5.76. The predicted molar refractivity (Wildman–Crippen MR) is 111 cm³/mol. The first kappa shape index (κ1) is 35.5. The molecule has 19 nitrogen and oxygen atoms in total. The molecule has 1 saturated heterocycles. The number of aliphatic hydroxyl groups excluding tert-OH is 1. The van der Waals surface area contributed by atoms with Crippen molar-refractivity contribution in [3.8, 4) is 0 Å². The van der Waals surface area contributed by atoms with E-state index in [1.165, 1.54) is 12.3 Å². The molecule has 2 rings (SSSR count). The first-order chi connectivity index (χ1) is 12.7. The van der Waals surface area contributed by atoms with Gasteiger partial charge in [0.05, 0.1) is 12.7 Å². The largest absolute Gasteiger partial charge is 0.476 e. The van der Waals surface area contributed by atoms with Gasteiger partial charge in [0.15, 0.2) is 5.90 Å². The Balaban J connectivity index is -0.00000210. The lowest BCUT2D eigenvalue weighted by atomic mass is 10.2. The Morgan fingerprint density at radius 3 is 2.19 bits per heavy atom. The van der Waals surface area contributed by atoms with E-state index in [0.29, 0.717) is 0 Å². The molecule has 5 atom stereocenters. The van der Waals surface area contributed by atoms with Gasteiger partial charge in [0.25, 0.3) is 0 Å². The van der Waals surface area contributed by atoms with Crippen LogP contribution in [0.4, 0.5) is 5.82 Å². The normalized spacial score (nSPS) is 23.8. The van der Waals surface area contributed by atoms with Crippen LogP contribution in [0.3, 0.4) is 0 Å². The summed E-state index contributed by atoms with van der Waals surface area (Å²) in [6.07, 6.45) is -2.18. The highest BCUT2D eigenvalue weighted by molar-refractivity contribution is 7.74. The maximum atomic E-state index is 11.9. The van der Waals surface area contributed by atoms with Crippen LogP contribution in [0.1, 0.15) is 12.6 Å². The van der Waals surface area contributed by atoms with Gasteiger partial charge in [-0.3, -0.25) is 13.7 Å². The van der Waals surface area contributed by atoms with Crippen LogP contribution in [0.5, 0.6) is 0 Å². The van der Waals surface area contributed by atoms with Gasteiger partial charge in [-0.25, -0.2) is 13.7 Å². The lowest BCUT2D eigenvalue weighted by Crippen LogP contribution is -2.28. The van der Waals surface area contributed by atoms with Crippen molar-refractivity contribution in [1.29, 1.82) is 0 Å². The summed E-state index contributed by atoms with van der Waals surface area (Å²) in [5, 5.41) is 9.98. The van der Waals surface area contributed by atoms with Crippen LogP contribution in [-0.2, 0) is 27.3 Å². The number of nitrogens with two attached hydrogens (primary N) is 1. The average molecular weight is 533 g/mol. The van der Waals surface area contributed by atoms with Crippen LogP contribution < -0.4 is 36.0 Å². The van der Waals surface area contributed by atoms with E-state index in [1.54, 1.807) is 0 Å². The molecule has 22 heteroatoms. The van der Waals surface area contributed by atoms with Crippen molar-refractivity contribution < 1.29 is 51.9 Å². The molecular formula is C10H30N7O12P3. The molecule has 1 aromatic rings. The third-order valence-corrected chi connectivity index (χ3v) is 8.68. The Labute approximate surface area is 181 Å². The smallest absolute Gasteiger partial charge is 0.390 e. The molecule has 19 N–H and O–H groups in total. The van der Waals surface area contributed by atoms with E-state index in [9.17, 15) is 33.4 Å². The highest BCUT2D eigenvalue weighted by atomic mass is 31.3. The number of ether oxygens (including phenoxy) is 1. The fourth-order valence-corrected chi connectivity index (χ4v) is 6.84. The SMILES string of the molecule is N.N.N.N.Nc1ccn([C@H]2C[C@H](O)[C@@H](COP(=O)(O)CP(=O)(O)OP(=O)(O)O)O2)c(=O)n1. The van der Waals surface area contributed by atoms with Crippen molar-refractivity contribution in [2.45, 2.75) is 24.9 Å². The number of nitrogen functional groups attached to an aromatic ring is 1. The lowest BCUT2D eigenvalue weighted by molar-refractivity contribution is -0.0422. The van der Waals surface area contributed by atoms with Gasteiger partial charge in [-0.15, -0.1) is 0 Å². The molecule has 0 radical (unpaired) electrons. The van der Waals surface area contributed by atoms with E-state index >= 15 is 0 Å². The maximum Gasteiger partial charge on any atom is 0.476 e. The molecule has 1 aliphatic rings. The molecule has 0 saturated carbocycles. The van der Waals surface area contributed by atoms with Crippen LogP contribution in [-0.4, -0.2) is 58.9 Å².